The molecule has 4 N–H and O–H groups in total. The van der Waals surface area contributed by atoms with Crippen molar-refractivity contribution in [1.82, 2.24) is 15.0 Å². The van der Waals surface area contributed by atoms with Gasteiger partial charge in [-0.1, -0.05) is 24.1 Å². The predicted octanol–water partition coefficient (Wildman–Crippen LogP) is 4.19. The molecule has 0 unspecified atom stereocenters. The molecule has 2 aromatic heterocycles. The van der Waals surface area contributed by atoms with Gasteiger partial charge in [-0.2, -0.15) is 10.2 Å². The third-order valence-corrected chi connectivity index (χ3v) is 4.08. The number of ether oxygens (including phenoxy) is 1. The van der Waals surface area contributed by atoms with Crippen LogP contribution in [-0.2, 0) is 0 Å². The number of nitriles is 1. The van der Waals surface area contributed by atoms with Gasteiger partial charge in [0, 0.05) is 17.3 Å². The summed E-state index contributed by atoms with van der Waals surface area (Å²) in [5, 5.41) is 12.6. The maximum absolute atomic E-state index is 9.42. The number of anilines is 3. The highest BCUT2D eigenvalue weighted by molar-refractivity contribution is 5.68. The maximum Gasteiger partial charge on any atom is 0.241 e. The summed E-state index contributed by atoms with van der Waals surface area (Å²) in [4.78, 5) is 11.3. The quantitative estimate of drug-likeness (QED) is 0.449. The molecule has 30 heavy (non-hydrogen) atoms. The van der Waals surface area contributed by atoms with Crippen molar-refractivity contribution in [1.29, 1.82) is 5.26 Å². The van der Waals surface area contributed by atoms with E-state index in [1.165, 1.54) is 0 Å². The van der Waals surface area contributed by atoms with Crippen molar-refractivity contribution in [3.8, 4) is 29.5 Å². The topological polar surface area (TPSA) is 113 Å². The number of hydrogen-bond acceptors (Lipinski definition) is 6. The van der Waals surface area contributed by atoms with Gasteiger partial charge in [0.25, 0.3) is 0 Å². The van der Waals surface area contributed by atoms with Crippen LogP contribution >= 0.6 is 0 Å². The molecule has 0 aliphatic rings. The van der Waals surface area contributed by atoms with Gasteiger partial charge in [-0.25, -0.2) is 4.98 Å². The molecule has 2 aromatic carbocycles. The number of rotatable bonds is 4. The summed E-state index contributed by atoms with van der Waals surface area (Å²) in [7, 11) is 0. The number of nitrogens with zero attached hydrogens (tertiary/aromatic N) is 3. The monoisotopic (exact) mass is 392 g/mol. The van der Waals surface area contributed by atoms with Crippen LogP contribution in [0.3, 0.4) is 0 Å². The third kappa shape index (κ3) is 4.38. The molecule has 0 bridgehead atoms. The van der Waals surface area contributed by atoms with Crippen molar-refractivity contribution in [2.45, 2.75) is 0 Å². The minimum atomic E-state index is 0.147. The fraction of sp³-hybridized carbons (Fsp3) is 0. The highest BCUT2D eigenvalue weighted by Crippen LogP contribution is 2.30. The normalized spacial score (nSPS) is 9.83. The van der Waals surface area contributed by atoms with Crippen LogP contribution in [0.2, 0.25) is 0 Å². The second kappa shape index (κ2) is 8.51. The third-order valence-electron chi connectivity index (χ3n) is 4.08. The number of hydrogen-bond donors (Lipinski definition) is 3. The summed E-state index contributed by atoms with van der Waals surface area (Å²) in [5.41, 5.74) is 8.91. The smallest absolute Gasteiger partial charge is 0.241 e. The van der Waals surface area contributed by atoms with Gasteiger partial charge in [-0.15, -0.1) is 0 Å². The molecule has 0 fully saturated rings. The highest BCUT2D eigenvalue weighted by Gasteiger charge is 2.13. The molecule has 2 heterocycles. The molecule has 0 saturated carbocycles. The molecule has 0 atom stereocenters. The van der Waals surface area contributed by atoms with Crippen LogP contribution in [0.1, 0.15) is 16.8 Å². The van der Waals surface area contributed by atoms with Crippen molar-refractivity contribution < 1.29 is 4.74 Å². The Morgan fingerprint density at radius 2 is 1.83 bits per heavy atom. The molecule has 0 aliphatic carbocycles. The van der Waals surface area contributed by atoms with E-state index in [0.29, 0.717) is 11.6 Å². The van der Waals surface area contributed by atoms with Gasteiger partial charge in [-0.3, -0.25) is 0 Å². The molecule has 0 amide bonds. The van der Waals surface area contributed by atoms with Crippen LogP contribution in [0.15, 0.2) is 73.2 Å². The fourth-order valence-corrected chi connectivity index (χ4v) is 2.64. The zero-order valence-electron chi connectivity index (χ0n) is 15.8. The van der Waals surface area contributed by atoms with Crippen LogP contribution in [0.5, 0.6) is 11.6 Å². The summed E-state index contributed by atoms with van der Waals surface area (Å²) in [5.74, 6) is 7.24. The number of nitrogens with two attached hydrogens (primary N) is 1. The van der Waals surface area contributed by atoms with Gasteiger partial charge in [0.1, 0.15) is 28.9 Å². The lowest BCUT2D eigenvalue weighted by Crippen LogP contribution is -2.02. The summed E-state index contributed by atoms with van der Waals surface area (Å²) >= 11 is 0. The van der Waals surface area contributed by atoms with Gasteiger partial charge in [-0.05, 0) is 42.3 Å². The van der Waals surface area contributed by atoms with Gasteiger partial charge in [0.15, 0.2) is 0 Å². The van der Waals surface area contributed by atoms with Crippen LogP contribution in [0.4, 0.5) is 17.2 Å². The molecule has 0 spiro atoms. The van der Waals surface area contributed by atoms with Crippen molar-refractivity contribution in [2.75, 3.05) is 11.1 Å². The second-order valence-electron chi connectivity index (χ2n) is 6.22. The standard InChI is InChI=1S/C23H16N6O/c24-13-20-21(25)12-22(29-23(20)30-19-4-2-1-3-5-19)28-17-9-6-16(7-10-17)8-11-18-14-26-15-27-18/h1-7,9-10,12,14-15H,(H,26,27)(H3,25,28,29). The van der Waals surface area contributed by atoms with Gasteiger partial charge >= 0.3 is 0 Å². The Morgan fingerprint density at radius 1 is 1.03 bits per heavy atom. The molecule has 0 radical (unpaired) electrons. The second-order valence-corrected chi connectivity index (χ2v) is 6.22. The molecule has 7 nitrogen and oxygen atoms in total. The van der Waals surface area contributed by atoms with Crippen LogP contribution in [0, 0.1) is 23.2 Å². The van der Waals surface area contributed by atoms with E-state index < -0.39 is 0 Å². The molecular formula is C23H16N6O. The van der Waals surface area contributed by atoms with Gasteiger partial charge in [0.2, 0.25) is 5.88 Å². The Balaban J connectivity index is 1.55. The molecule has 4 rings (SSSR count). The molecule has 7 heteroatoms. The highest BCUT2D eigenvalue weighted by atomic mass is 16.5. The largest absolute Gasteiger partial charge is 0.438 e. The number of para-hydroxylation sites is 1. The van der Waals surface area contributed by atoms with E-state index in [1.807, 2.05) is 48.5 Å². The zero-order chi connectivity index (χ0) is 20.8. The number of H-pyrrole nitrogens is 1. The number of imidazole rings is 1. The predicted molar refractivity (Wildman–Crippen MR) is 114 cm³/mol. The minimum Gasteiger partial charge on any atom is -0.438 e. The average Bonchev–Trinajstić information content (AvgIpc) is 3.28. The van der Waals surface area contributed by atoms with E-state index in [4.69, 9.17) is 10.5 Å². The first kappa shape index (κ1) is 18.6. The first-order valence-corrected chi connectivity index (χ1v) is 9.02. The SMILES string of the molecule is N#Cc1c(N)cc(Nc2ccc(C#Cc3cnc[nH]3)cc2)nc1Oc1ccccc1. The molecule has 144 valence electrons. The Hall–Kier alpha value is -4.75. The van der Waals surface area contributed by atoms with Gasteiger partial charge in [0.05, 0.1) is 18.2 Å². The number of aromatic amines is 1. The summed E-state index contributed by atoms with van der Waals surface area (Å²) in [6.07, 6.45) is 3.25. The Labute approximate surface area is 173 Å². The lowest BCUT2D eigenvalue weighted by Gasteiger charge is -2.12. The molecule has 0 aliphatic heterocycles. The van der Waals surface area contributed by atoms with E-state index in [1.54, 1.807) is 30.7 Å². The Morgan fingerprint density at radius 3 is 2.53 bits per heavy atom. The maximum atomic E-state index is 9.42. The zero-order valence-corrected chi connectivity index (χ0v) is 15.8. The first-order valence-electron chi connectivity index (χ1n) is 9.02. The summed E-state index contributed by atoms with van der Waals surface area (Å²) in [6, 6.07) is 20.3. The van der Waals surface area contributed by atoms with E-state index in [0.717, 1.165) is 16.9 Å². The van der Waals surface area contributed by atoms with Crippen LogP contribution in [-0.4, -0.2) is 15.0 Å². The number of pyridine rings is 1. The summed E-state index contributed by atoms with van der Waals surface area (Å²) < 4.78 is 5.77. The van der Waals surface area contributed by atoms with Gasteiger partial charge < -0.3 is 20.8 Å². The Kier molecular flexibility index (Phi) is 5.28. The lowest BCUT2D eigenvalue weighted by atomic mass is 10.2. The van der Waals surface area contributed by atoms with E-state index in [9.17, 15) is 5.26 Å². The first-order chi connectivity index (χ1) is 14.7. The molecule has 4 aromatic rings. The van der Waals surface area contributed by atoms with Crippen LogP contribution in [0.25, 0.3) is 0 Å². The Bertz CT molecular complexity index is 1250. The minimum absolute atomic E-state index is 0.147. The number of benzene rings is 2. The van der Waals surface area contributed by atoms with Crippen molar-refractivity contribution in [3.63, 3.8) is 0 Å². The number of aromatic nitrogens is 3. The molecule has 0 saturated heterocycles. The number of nitrogens with one attached hydrogen (secondary N) is 2. The van der Waals surface area contributed by atoms with Crippen molar-refractivity contribution >= 4 is 17.2 Å². The van der Waals surface area contributed by atoms with Crippen molar-refractivity contribution in [2.24, 2.45) is 0 Å². The van der Waals surface area contributed by atoms with Crippen LogP contribution < -0.4 is 15.8 Å². The van der Waals surface area contributed by atoms with E-state index >= 15 is 0 Å². The lowest BCUT2D eigenvalue weighted by molar-refractivity contribution is 0.462. The number of nitrogen functional groups attached to an aromatic ring is 1. The van der Waals surface area contributed by atoms with Crippen molar-refractivity contribution in [3.05, 3.63) is 90.0 Å². The average molecular weight is 392 g/mol. The van der Waals surface area contributed by atoms with E-state index in [2.05, 4.69) is 32.1 Å². The molecular weight excluding hydrogens is 376 g/mol. The summed E-state index contributed by atoms with van der Waals surface area (Å²) in [6.45, 7) is 0. The van der Waals surface area contributed by atoms with E-state index in [-0.39, 0.29) is 17.1 Å². The fourth-order valence-electron chi connectivity index (χ4n) is 2.64.